The molecule has 2 atom stereocenters. The van der Waals surface area contributed by atoms with Crippen LogP contribution >= 0.6 is 0 Å². The standard InChI is InChI=1S/C27H34F2N4O7/c1-2-3-4-5-9-16-38-26(37)32-21-14-15-33(25(36)31-21)24-27(28,29)17-20(40-24)18-39-23(35)13-12-22(34)30-19-10-7-6-8-11-19/h6-8,10-11,14-15,20,24H,2-5,9,12-13,16-18H2,1H3,(H,30,34)(H,31,32,36,37)/t20-,24+/m0/s1. The van der Waals surface area contributed by atoms with Gasteiger partial charge in [-0.05, 0) is 24.6 Å². The van der Waals surface area contributed by atoms with Crippen LogP contribution in [-0.2, 0) is 23.8 Å². The van der Waals surface area contributed by atoms with Crippen LogP contribution in [0.2, 0.25) is 0 Å². The van der Waals surface area contributed by atoms with Crippen LogP contribution in [0.4, 0.5) is 25.1 Å². The predicted molar refractivity (Wildman–Crippen MR) is 141 cm³/mol. The Morgan fingerprint density at radius 1 is 1.05 bits per heavy atom. The number of alkyl halides is 2. The number of hydrogen-bond donors (Lipinski definition) is 2. The van der Waals surface area contributed by atoms with Gasteiger partial charge in [0.05, 0.1) is 13.0 Å². The zero-order valence-electron chi connectivity index (χ0n) is 22.3. The van der Waals surface area contributed by atoms with Crippen molar-refractivity contribution in [1.29, 1.82) is 0 Å². The van der Waals surface area contributed by atoms with Crippen molar-refractivity contribution >= 4 is 29.5 Å². The summed E-state index contributed by atoms with van der Waals surface area (Å²) in [5.74, 6) is -4.75. The maximum atomic E-state index is 14.7. The van der Waals surface area contributed by atoms with E-state index in [0.717, 1.165) is 31.9 Å². The Morgan fingerprint density at radius 3 is 2.52 bits per heavy atom. The fourth-order valence-corrected chi connectivity index (χ4v) is 3.99. The van der Waals surface area contributed by atoms with Crippen LogP contribution in [0.1, 0.15) is 64.5 Å². The molecule has 13 heteroatoms. The molecule has 1 aromatic heterocycles. The van der Waals surface area contributed by atoms with Crippen molar-refractivity contribution < 1.29 is 37.4 Å². The number of carbonyl (C=O) groups is 3. The van der Waals surface area contributed by atoms with Gasteiger partial charge in [-0.1, -0.05) is 50.8 Å². The van der Waals surface area contributed by atoms with E-state index in [-0.39, 0.29) is 25.3 Å². The smallest absolute Gasteiger partial charge is 0.412 e. The number of hydrogen-bond acceptors (Lipinski definition) is 8. The monoisotopic (exact) mass is 564 g/mol. The first-order valence-electron chi connectivity index (χ1n) is 13.2. The molecule has 0 saturated carbocycles. The van der Waals surface area contributed by atoms with Gasteiger partial charge in [0, 0.05) is 24.7 Å². The number of amides is 2. The Hall–Kier alpha value is -3.87. The topological polar surface area (TPSA) is 138 Å². The quantitative estimate of drug-likeness (QED) is 0.250. The van der Waals surface area contributed by atoms with Gasteiger partial charge in [-0.2, -0.15) is 4.98 Å². The van der Waals surface area contributed by atoms with Crippen LogP contribution in [0.25, 0.3) is 0 Å². The Balaban J connectivity index is 1.44. The molecule has 2 N–H and O–H groups in total. The van der Waals surface area contributed by atoms with Crippen molar-refractivity contribution in [3.63, 3.8) is 0 Å². The Bertz CT molecular complexity index is 1190. The number of esters is 1. The maximum Gasteiger partial charge on any atom is 0.412 e. The van der Waals surface area contributed by atoms with E-state index in [1.807, 2.05) is 0 Å². The molecule has 2 aromatic rings. The number of aromatic nitrogens is 2. The van der Waals surface area contributed by atoms with E-state index in [9.17, 15) is 28.0 Å². The van der Waals surface area contributed by atoms with Gasteiger partial charge < -0.3 is 19.5 Å². The zero-order chi connectivity index (χ0) is 29.0. The largest absolute Gasteiger partial charge is 0.463 e. The van der Waals surface area contributed by atoms with Crippen molar-refractivity contribution in [1.82, 2.24) is 9.55 Å². The van der Waals surface area contributed by atoms with E-state index in [0.29, 0.717) is 16.7 Å². The van der Waals surface area contributed by atoms with Gasteiger partial charge in [0.2, 0.25) is 12.1 Å². The Labute approximate surface area is 230 Å². The highest BCUT2D eigenvalue weighted by Crippen LogP contribution is 2.42. The SMILES string of the molecule is CCCCCCCOC(=O)Nc1ccn([C@@H]2O[C@H](COC(=O)CCC(=O)Nc3ccccc3)CC2(F)F)c(=O)n1. The molecule has 0 unspecified atom stereocenters. The molecule has 1 aliphatic heterocycles. The summed E-state index contributed by atoms with van der Waals surface area (Å²) in [6, 6.07) is 9.86. The molecule has 1 aliphatic rings. The first-order chi connectivity index (χ1) is 19.2. The van der Waals surface area contributed by atoms with Crippen LogP contribution in [0.5, 0.6) is 0 Å². The van der Waals surface area contributed by atoms with E-state index in [1.165, 1.54) is 6.07 Å². The van der Waals surface area contributed by atoms with Crippen LogP contribution in [0, 0.1) is 0 Å². The summed E-state index contributed by atoms with van der Waals surface area (Å²) >= 11 is 0. The molecule has 0 bridgehead atoms. The normalized spacial score (nSPS) is 17.7. The molecule has 2 amide bonds. The number of benzene rings is 1. The summed E-state index contributed by atoms with van der Waals surface area (Å²) in [6.07, 6.45) is 0.776. The molecule has 40 heavy (non-hydrogen) atoms. The first kappa shape index (κ1) is 30.7. The summed E-state index contributed by atoms with van der Waals surface area (Å²) in [5, 5.41) is 4.93. The van der Waals surface area contributed by atoms with E-state index in [1.54, 1.807) is 30.3 Å². The minimum atomic E-state index is -3.45. The van der Waals surface area contributed by atoms with Crippen molar-refractivity contribution in [3.8, 4) is 0 Å². The maximum absolute atomic E-state index is 14.7. The predicted octanol–water partition coefficient (Wildman–Crippen LogP) is 4.65. The Kier molecular flexibility index (Phi) is 11.5. The third-order valence-electron chi connectivity index (χ3n) is 6.02. The lowest BCUT2D eigenvalue weighted by Crippen LogP contribution is -2.35. The van der Waals surface area contributed by atoms with E-state index < -0.39 is 54.9 Å². The van der Waals surface area contributed by atoms with Crippen LogP contribution in [-0.4, -0.2) is 52.8 Å². The average molecular weight is 565 g/mol. The third kappa shape index (κ3) is 9.70. The van der Waals surface area contributed by atoms with Crippen molar-refractivity contribution in [2.75, 3.05) is 23.8 Å². The number of halogens is 2. The molecule has 1 saturated heterocycles. The number of nitrogens with zero attached hydrogens (tertiary/aromatic N) is 2. The van der Waals surface area contributed by atoms with Crippen LogP contribution in [0.15, 0.2) is 47.4 Å². The second-order valence-electron chi connectivity index (χ2n) is 9.35. The molecule has 3 rings (SSSR count). The van der Waals surface area contributed by atoms with E-state index in [2.05, 4.69) is 22.5 Å². The van der Waals surface area contributed by atoms with Gasteiger partial charge in [0.25, 0.3) is 5.92 Å². The van der Waals surface area contributed by atoms with Gasteiger partial charge >= 0.3 is 17.8 Å². The lowest BCUT2D eigenvalue weighted by molar-refractivity contribution is -0.151. The minimum Gasteiger partial charge on any atom is -0.463 e. The molecule has 2 heterocycles. The van der Waals surface area contributed by atoms with Gasteiger partial charge in [0.15, 0.2) is 0 Å². The molecule has 11 nitrogen and oxygen atoms in total. The van der Waals surface area contributed by atoms with Crippen molar-refractivity contribution in [2.24, 2.45) is 0 Å². The van der Waals surface area contributed by atoms with Gasteiger partial charge in [-0.3, -0.25) is 19.5 Å². The summed E-state index contributed by atoms with van der Waals surface area (Å²) in [7, 11) is 0. The summed E-state index contributed by atoms with van der Waals surface area (Å²) < 4.78 is 45.3. The second kappa shape index (κ2) is 15.1. The average Bonchev–Trinajstić information content (AvgIpc) is 3.22. The van der Waals surface area contributed by atoms with Crippen molar-refractivity contribution in [2.45, 2.75) is 76.5 Å². The molecule has 218 valence electrons. The highest BCUT2D eigenvalue weighted by molar-refractivity contribution is 5.92. The summed E-state index contributed by atoms with van der Waals surface area (Å²) in [5.41, 5.74) is -0.487. The van der Waals surface area contributed by atoms with E-state index in [4.69, 9.17) is 14.2 Å². The number of anilines is 2. The van der Waals surface area contributed by atoms with E-state index >= 15 is 0 Å². The first-order valence-corrected chi connectivity index (χ1v) is 13.2. The third-order valence-corrected chi connectivity index (χ3v) is 6.02. The lowest BCUT2D eigenvalue weighted by Gasteiger charge is -2.20. The van der Waals surface area contributed by atoms with Crippen LogP contribution < -0.4 is 16.3 Å². The molecule has 1 aromatic carbocycles. The Morgan fingerprint density at radius 2 is 1.80 bits per heavy atom. The fraction of sp³-hybridized carbons (Fsp3) is 0.519. The summed E-state index contributed by atoms with van der Waals surface area (Å²) in [6.45, 7) is 1.83. The molecule has 0 radical (unpaired) electrons. The van der Waals surface area contributed by atoms with Gasteiger partial charge in [-0.25, -0.2) is 18.4 Å². The second-order valence-corrected chi connectivity index (χ2v) is 9.35. The molecule has 1 fully saturated rings. The minimum absolute atomic E-state index is 0.147. The number of ether oxygens (including phenoxy) is 3. The highest BCUT2D eigenvalue weighted by atomic mass is 19.3. The van der Waals surface area contributed by atoms with Gasteiger partial charge in [0.1, 0.15) is 18.5 Å². The zero-order valence-corrected chi connectivity index (χ0v) is 22.3. The summed E-state index contributed by atoms with van der Waals surface area (Å²) in [4.78, 5) is 51.9. The molecule has 0 aliphatic carbocycles. The number of para-hydroxylation sites is 1. The molecular formula is C27H34F2N4O7. The molecular weight excluding hydrogens is 530 g/mol. The lowest BCUT2D eigenvalue weighted by atomic mass is 10.2. The van der Waals surface area contributed by atoms with Gasteiger partial charge in [-0.15, -0.1) is 0 Å². The number of carbonyl (C=O) groups excluding carboxylic acids is 3. The highest BCUT2D eigenvalue weighted by Gasteiger charge is 2.52. The number of nitrogens with one attached hydrogen (secondary N) is 2. The molecule has 0 spiro atoms. The van der Waals surface area contributed by atoms with Crippen LogP contribution in [0.3, 0.4) is 0 Å². The van der Waals surface area contributed by atoms with Crippen molar-refractivity contribution in [3.05, 3.63) is 53.1 Å². The number of rotatable bonds is 14. The fourth-order valence-electron chi connectivity index (χ4n) is 3.99. The number of unbranched alkanes of at least 4 members (excludes halogenated alkanes) is 4.